The van der Waals surface area contributed by atoms with E-state index in [2.05, 4.69) is 58.4 Å². The molecule has 12 heterocycles. The number of cyclic esters (lactones) is 2. The lowest BCUT2D eigenvalue weighted by atomic mass is 9.85. The minimum absolute atomic E-state index is 0.000148. The molecule has 10 N–H and O–H groups in total. The van der Waals surface area contributed by atoms with Crippen molar-refractivity contribution in [2.45, 2.75) is 120 Å². The van der Waals surface area contributed by atoms with Gasteiger partial charge in [0, 0.05) is 82.6 Å². The maximum atomic E-state index is 15.2. The summed E-state index contributed by atoms with van der Waals surface area (Å²) in [5.41, 5.74) is -2.04. The Kier molecular flexibility index (Phi) is 24.1. The molecule has 586 valence electrons. The van der Waals surface area contributed by atoms with Crippen LogP contribution in [-0.2, 0) is 56.0 Å². The molecule has 8 aromatic rings. The number of nitrogens with one attached hydrogen (secondary N) is 5. The molecule has 1 aromatic carbocycles. The van der Waals surface area contributed by atoms with Gasteiger partial charge in [0.05, 0.1) is 43.1 Å². The van der Waals surface area contributed by atoms with Crippen LogP contribution in [0.1, 0.15) is 131 Å². The monoisotopic (exact) mass is 1620 g/mol. The number of hydrogen-bond acceptors (Lipinski definition) is 32. The number of carbonyl (C=O) groups is 8. The van der Waals surface area contributed by atoms with Gasteiger partial charge in [-0.1, -0.05) is 12.1 Å². The number of thiazole rings is 5. The number of methoxy groups -OCH3 is 1. The zero-order valence-corrected chi connectivity index (χ0v) is 63.9. The lowest BCUT2D eigenvalue weighted by Crippen LogP contribution is -2.62. The normalized spacial score (nSPS) is 23.9. The van der Waals surface area contributed by atoms with E-state index in [1.165, 1.54) is 54.6 Å². The third-order valence-corrected chi connectivity index (χ3v) is 23.0. The van der Waals surface area contributed by atoms with Gasteiger partial charge in [-0.05, 0) is 79.5 Å². The lowest BCUT2D eigenvalue weighted by Gasteiger charge is -2.48. The largest absolute Gasteiger partial charge is 0.506 e. The number of aromatic hydroxyl groups is 1. The van der Waals surface area contributed by atoms with Crippen LogP contribution in [0.5, 0.6) is 5.75 Å². The van der Waals surface area contributed by atoms with E-state index < -0.39 is 145 Å². The summed E-state index contributed by atoms with van der Waals surface area (Å²) in [6, 6.07) is 0.871. The van der Waals surface area contributed by atoms with E-state index in [1.54, 1.807) is 50.4 Å². The number of carboxylic acid groups (broad SMARTS) is 1. The van der Waals surface area contributed by atoms with E-state index >= 15 is 19.2 Å². The van der Waals surface area contributed by atoms with E-state index in [4.69, 9.17) is 53.3 Å². The number of nitrogens with zero attached hydrogens (tertiary/aromatic N) is 10. The third kappa shape index (κ3) is 17.3. The van der Waals surface area contributed by atoms with Crippen molar-refractivity contribution < 1.29 is 106 Å². The van der Waals surface area contributed by atoms with Crippen molar-refractivity contribution in [1.29, 1.82) is 0 Å². The van der Waals surface area contributed by atoms with Crippen molar-refractivity contribution >= 4 is 121 Å². The van der Waals surface area contributed by atoms with Crippen LogP contribution in [0.4, 0.5) is 13.2 Å². The molecule has 0 radical (unpaired) electrons. The Morgan fingerprint density at radius 1 is 0.836 bits per heavy atom. The summed E-state index contributed by atoms with van der Waals surface area (Å²) in [6.45, 7) is 9.35. The number of aromatic nitrogens is 7. The fraction of sp³-hybridized carbons (Fsp3) is 0.441. The number of carboxylic acids is 1. The highest BCUT2D eigenvalue weighted by Crippen LogP contribution is 2.43. The molecule has 0 aliphatic carbocycles. The van der Waals surface area contributed by atoms with Gasteiger partial charge in [-0.15, -0.1) is 56.7 Å². The molecule has 0 saturated carbocycles. The van der Waals surface area contributed by atoms with E-state index in [0.29, 0.717) is 23.3 Å². The van der Waals surface area contributed by atoms with Gasteiger partial charge in [0.1, 0.15) is 120 Å². The Hall–Kier alpha value is -9.57. The molecular weight excluding hydrogens is 1550 g/mol. The molecule has 10 atom stereocenters. The second kappa shape index (κ2) is 33.2. The minimum atomic E-state index is -5.08. The second-order valence-corrected chi connectivity index (χ2v) is 30.9. The van der Waals surface area contributed by atoms with Gasteiger partial charge in [0.25, 0.3) is 23.6 Å². The number of pyridine rings is 1. The summed E-state index contributed by atoms with van der Waals surface area (Å²) in [6.07, 6.45) is -11.8. The Morgan fingerprint density at radius 2 is 1.48 bits per heavy atom. The number of aliphatic hydroxyl groups is 2. The van der Waals surface area contributed by atoms with Gasteiger partial charge < -0.3 is 95.3 Å². The van der Waals surface area contributed by atoms with Crippen molar-refractivity contribution in [3.8, 4) is 38.4 Å². The van der Waals surface area contributed by atoms with Crippen LogP contribution in [0.3, 0.4) is 0 Å². The molecule has 12 bridgehead atoms. The zero-order chi connectivity index (χ0) is 78.9. The number of amides is 5. The molecule has 7 aromatic heterocycles. The topological polar surface area (TPSA) is 445 Å². The molecule has 42 heteroatoms. The van der Waals surface area contributed by atoms with Crippen molar-refractivity contribution in [3.05, 3.63) is 112 Å². The van der Waals surface area contributed by atoms with Crippen LogP contribution in [0.2, 0.25) is 0 Å². The van der Waals surface area contributed by atoms with E-state index in [-0.39, 0.29) is 105 Å². The highest BCUT2D eigenvalue weighted by atomic mass is 32.1. The predicted octanol–water partition coefficient (Wildman–Crippen LogP) is 5.16. The SMILES string of the molecule is CO/C(C)=C1/NC(=O)[C@H]([C@@H](C)O)NC(=O)c2csc(n2)-c2cc(O)c(-c3nc(C(=O)NCCCN4CCN(C)CC4)cs3)nc2-c2csc(n2)[C@@H]2COC(=O)c3c4c5c(cccc5n3O)COC(=O)[C@@H](O[C@H]3C[C@](C)(O)[C@H](N(C)C)[C@H](C)O3)[C@@H](OC4)[C@H](NC(=O)c3csc1n3)c1nc(cs1)C(=O)N2.O=C(O)C(F)(F)F. The fourth-order valence-corrected chi connectivity index (χ4v) is 17.3. The minimum Gasteiger partial charge on any atom is -0.506 e. The molecule has 5 aliphatic rings. The average molecular weight is 1620 g/mol. The number of esters is 2. The summed E-state index contributed by atoms with van der Waals surface area (Å²) >= 11 is 4.76. The van der Waals surface area contributed by atoms with Crippen molar-refractivity contribution in [3.63, 3.8) is 0 Å². The molecule has 5 amide bonds. The summed E-state index contributed by atoms with van der Waals surface area (Å²) in [5.74, 6) is -9.34. The molecule has 2 saturated heterocycles. The number of likely N-dealkylation sites (N-methyl/N-ethyl adjacent to an activating group) is 2. The van der Waals surface area contributed by atoms with Crippen LogP contribution in [-0.4, -0.2) is 251 Å². The number of fused-ring (bicyclic) bond motifs is 15. The molecule has 0 spiro atoms. The van der Waals surface area contributed by atoms with Gasteiger partial charge in [0.15, 0.2) is 18.1 Å². The third-order valence-electron chi connectivity index (χ3n) is 18.5. The van der Waals surface area contributed by atoms with Gasteiger partial charge >= 0.3 is 24.1 Å². The number of rotatable bonds is 11. The first-order valence-corrected chi connectivity index (χ1v) is 38.3. The van der Waals surface area contributed by atoms with E-state index in [9.17, 15) is 48.1 Å². The summed E-state index contributed by atoms with van der Waals surface area (Å²) in [4.78, 5) is 147. The van der Waals surface area contributed by atoms with Crippen molar-refractivity contribution in [2.24, 2.45) is 0 Å². The van der Waals surface area contributed by atoms with Crippen molar-refractivity contribution in [1.82, 2.24) is 75.9 Å². The average Bonchev–Trinajstić information content (AvgIpc) is 1.56. The molecule has 13 rings (SSSR count). The van der Waals surface area contributed by atoms with E-state index in [0.717, 1.165) is 89.4 Å². The van der Waals surface area contributed by atoms with Crippen LogP contribution >= 0.6 is 56.7 Å². The van der Waals surface area contributed by atoms with Crippen LogP contribution < -0.4 is 26.6 Å². The molecule has 0 unspecified atom stereocenters. The lowest BCUT2D eigenvalue weighted by molar-refractivity contribution is -0.280. The summed E-state index contributed by atoms with van der Waals surface area (Å²) in [5, 5.41) is 76.3. The highest BCUT2D eigenvalue weighted by molar-refractivity contribution is 7.14. The first-order chi connectivity index (χ1) is 52.3. The number of hydrogen-bond donors (Lipinski definition) is 10. The number of piperazine rings is 1. The number of carbonyl (C=O) groups excluding carboxylic acids is 7. The number of benzene rings is 1. The molecule has 34 nitrogen and oxygen atoms in total. The maximum absolute atomic E-state index is 15.2. The van der Waals surface area contributed by atoms with Crippen LogP contribution in [0.25, 0.3) is 49.3 Å². The zero-order valence-electron chi connectivity index (χ0n) is 59.8. The van der Waals surface area contributed by atoms with Crippen LogP contribution in [0.15, 0.2) is 56.9 Å². The number of allylic oxidation sites excluding steroid dienone is 1. The molecular formula is C68H74F3N15O19S5. The quantitative estimate of drug-likeness (QED) is 0.0346. The van der Waals surface area contributed by atoms with Crippen LogP contribution in [0, 0.1) is 0 Å². The summed E-state index contributed by atoms with van der Waals surface area (Å²) < 4.78 is 70.1. The standard InChI is InChI=1S/C66H73N15O17S5.C2HF3O2/c1-29(82)45-58(88)76-46(30(2)93-8)61-72-40(28-101-61)57(87)77-49-51-52(98-43-20-66(4,91)53(78(5)6)31(3)97-43)65(90)95-21-32-11-9-12-41-44(32)34(22-94-51)50(81(41)92)64(89)96-23-35(68-55(85)38-27-103-63(49)73-38)60-69-36(24-100-60)47-33(59-70-39(26-99-59)56(86)75-45)19-42(83)48(74-47)62-71-37(25-102-62)54(84)67-13-10-14-80-17-15-79(7)16-18-80;3-2(4,5)1(6)7/h9,11-12,19,24-29,31,35,43,45,49,51-53,82-83,91-92H,10,13-18,20-23H2,1-8H3,(H,67,84)(H,68,85)(H,75,86)(H,76,88)(H,77,87);(H,6,7)/b46-30+;/t29-,31+,35+,43+,45+,49+,51+,52+,53-,66+;/m1./s1. The predicted molar refractivity (Wildman–Crippen MR) is 389 cm³/mol. The molecule has 110 heavy (non-hydrogen) atoms. The van der Waals surface area contributed by atoms with Gasteiger partial charge in [-0.3, -0.25) is 24.0 Å². The van der Waals surface area contributed by atoms with Gasteiger partial charge in [-0.2, -0.15) is 17.9 Å². The van der Waals surface area contributed by atoms with Gasteiger partial charge in [-0.25, -0.2) is 44.3 Å². The Morgan fingerprint density at radius 3 is 2.17 bits per heavy atom. The molecule has 2 fully saturated rings. The summed E-state index contributed by atoms with van der Waals surface area (Å²) in [7, 11) is 6.96. The highest BCUT2D eigenvalue weighted by Gasteiger charge is 2.50. The first-order valence-electron chi connectivity index (χ1n) is 33.9. The Bertz CT molecular complexity index is 4870. The maximum Gasteiger partial charge on any atom is 0.490 e. The second-order valence-electron chi connectivity index (χ2n) is 26.6. The number of alkyl halides is 3. The Balaban J connectivity index is 0.00000153. The number of halogens is 3. The fourth-order valence-electron chi connectivity index (χ4n) is 13.1. The van der Waals surface area contributed by atoms with E-state index in [1.807, 2.05) is 0 Å². The number of aliphatic carboxylic acids is 1. The first kappa shape index (κ1) is 80.0. The molecule has 5 aliphatic heterocycles. The number of aliphatic hydroxyl groups excluding tert-OH is 1. The smallest absolute Gasteiger partial charge is 0.490 e. The Labute approximate surface area is 643 Å². The van der Waals surface area contributed by atoms with Crippen molar-refractivity contribution in [2.75, 3.05) is 74.1 Å². The van der Waals surface area contributed by atoms with Gasteiger partial charge in [0.2, 0.25) is 5.91 Å². The number of ether oxygens (including phenoxy) is 6.